The predicted octanol–water partition coefficient (Wildman–Crippen LogP) is -0.580. The second-order valence-electron chi connectivity index (χ2n) is 4.13. The summed E-state index contributed by atoms with van der Waals surface area (Å²) in [5.41, 5.74) is 9.45. The third-order valence-electron chi connectivity index (χ3n) is 2.35. The zero-order valence-corrected chi connectivity index (χ0v) is 10.4. The maximum absolute atomic E-state index is 13.4. The van der Waals surface area contributed by atoms with E-state index in [1.165, 1.54) is 0 Å². The number of nitrogens with zero attached hydrogens (tertiary/aromatic N) is 1. The van der Waals surface area contributed by atoms with Crippen molar-refractivity contribution in [3.05, 3.63) is 35.4 Å². The van der Waals surface area contributed by atoms with Crippen LogP contribution >= 0.6 is 0 Å². The molecule has 0 saturated carbocycles. The summed E-state index contributed by atoms with van der Waals surface area (Å²) in [6.45, 7) is -1.27. The third-order valence-corrected chi connectivity index (χ3v) is 2.35. The molecule has 8 heteroatoms. The van der Waals surface area contributed by atoms with E-state index in [1.54, 1.807) is 0 Å². The number of nitrogens with two attached hydrogens (primary N) is 2. The van der Waals surface area contributed by atoms with Crippen LogP contribution in [0.5, 0.6) is 0 Å². The second-order valence-corrected chi connectivity index (χ2v) is 4.13. The average molecular weight is 285 g/mol. The van der Waals surface area contributed by atoms with Gasteiger partial charge < -0.3 is 11.5 Å². The summed E-state index contributed by atoms with van der Waals surface area (Å²) in [6.07, 6.45) is 0. The van der Waals surface area contributed by atoms with Crippen LogP contribution in [-0.2, 0) is 9.59 Å². The van der Waals surface area contributed by atoms with E-state index < -0.39 is 54.4 Å². The van der Waals surface area contributed by atoms with Crippen molar-refractivity contribution in [2.75, 3.05) is 19.6 Å². The van der Waals surface area contributed by atoms with Gasteiger partial charge in [-0.1, -0.05) is 0 Å². The molecule has 0 spiro atoms. The van der Waals surface area contributed by atoms with Gasteiger partial charge in [-0.25, -0.2) is 8.78 Å². The van der Waals surface area contributed by atoms with E-state index in [1.807, 2.05) is 0 Å². The first-order chi connectivity index (χ1) is 9.29. The number of hydrogen-bond acceptors (Lipinski definition) is 4. The van der Waals surface area contributed by atoms with Gasteiger partial charge in [0.2, 0.25) is 11.8 Å². The topological polar surface area (TPSA) is 106 Å². The summed E-state index contributed by atoms with van der Waals surface area (Å²) in [4.78, 5) is 34.5. The number of carbonyl (C=O) groups excluding carboxylic acids is 3. The highest BCUT2D eigenvalue weighted by Gasteiger charge is 2.19. The van der Waals surface area contributed by atoms with E-state index in [0.29, 0.717) is 0 Å². The summed E-state index contributed by atoms with van der Waals surface area (Å²) < 4.78 is 26.4. The van der Waals surface area contributed by atoms with Crippen LogP contribution in [0.15, 0.2) is 18.2 Å². The molecule has 0 aliphatic rings. The fourth-order valence-electron chi connectivity index (χ4n) is 1.61. The Morgan fingerprint density at radius 3 is 2.05 bits per heavy atom. The zero-order chi connectivity index (χ0) is 15.3. The Bertz CT molecular complexity index is 533. The average Bonchev–Trinajstić information content (AvgIpc) is 2.30. The molecule has 0 fully saturated rings. The van der Waals surface area contributed by atoms with Crippen molar-refractivity contribution < 1.29 is 23.2 Å². The highest BCUT2D eigenvalue weighted by molar-refractivity contribution is 5.98. The molecule has 2 amide bonds. The lowest BCUT2D eigenvalue weighted by Crippen LogP contribution is -2.42. The molecular weight excluding hydrogens is 272 g/mol. The van der Waals surface area contributed by atoms with Crippen LogP contribution in [0.25, 0.3) is 0 Å². The van der Waals surface area contributed by atoms with E-state index in [2.05, 4.69) is 0 Å². The monoisotopic (exact) mass is 285 g/mol. The van der Waals surface area contributed by atoms with Crippen molar-refractivity contribution in [1.29, 1.82) is 0 Å². The normalized spacial score (nSPS) is 10.6. The van der Waals surface area contributed by atoms with Crippen molar-refractivity contribution in [3.8, 4) is 0 Å². The minimum Gasteiger partial charge on any atom is -0.369 e. The fraction of sp³-hybridized carbons (Fsp3) is 0.250. The van der Waals surface area contributed by atoms with E-state index in [9.17, 15) is 23.2 Å². The molecule has 1 aromatic carbocycles. The number of primary amides is 2. The first kappa shape index (κ1) is 15.7. The lowest BCUT2D eigenvalue weighted by atomic mass is 10.1. The van der Waals surface area contributed by atoms with Gasteiger partial charge in [-0.15, -0.1) is 0 Å². The SMILES string of the molecule is NC(=O)CN(CC(N)=O)CC(=O)c1cc(F)ccc1F. The van der Waals surface area contributed by atoms with E-state index in [4.69, 9.17) is 11.5 Å². The van der Waals surface area contributed by atoms with E-state index >= 15 is 0 Å². The largest absolute Gasteiger partial charge is 0.369 e. The summed E-state index contributed by atoms with van der Waals surface area (Å²) in [6, 6.07) is 2.43. The molecule has 1 rings (SSSR count). The molecule has 6 nitrogen and oxygen atoms in total. The Morgan fingerprint density at radius 1 is 1.00 bits per heavy atom. The van der Waals surface area contributed by atoms with Gasteiger partial charge in [-0.05, 0) is 18.2 Å². The first-order valence-electron chi connectivity index (χ1n) is 5.57. The van der Waals surface area contributed by atoms with Crippen LogP contribution in [0.2, 0.25) is 0 Å². The Hall–Kier alpha value is -2.35. The van der Waals surface area contributed by atoms with Crippen LogP contribution in [-0.4, -0.2) is 42.1 Å². The lowest BCUT2D eigenvalue weighted by Gasteiger charge is -2.18. The summed E-state index contributed by atoms with van der Waals surface area (Å²) >= 11 is 0. The van der Waals surface area contributed by atoms with Crippen molar-refractivity contribution >= 4 is 17.6 Å². The number of ketones is 1. The van der Waals surface area contributed by atoms with Crippen molar-refractivity contribution in [1.82, 2.24) is 4.90 Å². The minimum absolute atomic E-state index is 0.397. The third kappa shape index (κ3) is 4.73. The Labute approximate surface area is 113 Å². The molecule has 0 heterocycles. The highest BCUT2D eigenvalue weighted by Crippen LogP contribution is 2.11. The van der Waals surface area contributed by atoms with Gasteiger partial charge in [0.15, 0.2) is 5.78 Å². The molecular formula is C12H13F2N3O3. The number of halogens is 2. The van der Waals surface area contributed by atoms with Crippen molar-refractivity contribution in [3.63, 3.8) is 0 Å². The quantitative estimate of drug-likeness (QED) is 0.653. The maximum Gasteiger partial charge on any atom is 0.231 e. The summed E-state index contributed by atoms with van der Waals surface area (Å²) in [5, 5.41) is 0. The number of benzene rings is 1. The Kier molecular flexibility index (Phi) is 5.27. The molecule has 0 aromatic heterocycles. The molecule has 0 aliphatic heterocycles. The molecule has 4 N–H and O–H groups in total. The van der Waals surface area contributed by atoms with Crippen LogP contribution in [0, 0.1) is 11.6 Å². The Morgan fingerprint density at radius 2 is 1.55 bits per heavy atom. The zero-order valence-electron chi connectivity index (χ0n) is 10.4. The van der Waals surface area contributed by atoms with Crippen LogP contribution < -0.4 is 11.5 Å². The van der Waals surface area contributed by atoms with Crippen LogP contribution in [0.4, 0.5) is 8.78 Å². The molecule has 0 radical (unpaired) electrons. The van der Waals surface area contributed by atoms with Crippen LogP contribution in [0.3, 0.4) is 0 Å². The van der Waals surface area contributed by atoms with Crippen LogP contribution in [0.1, 0.15) is 10.4 Å². The summed E-state index contributed by atoms with van der Waals surface area (Å²) in [7, 11) is 0. The van der Waals surface area contributed by atoms with Gasteiger partial charge in [-0.2, -0.15) is 0 Å². The van der Waals surface area contributed by atoms with Crippen molar-refractivity contribution in [2.24, 2.45) is 11.5 Å². The predicted molar refractivity (Wildman–Crippen MR) is 65.5 cm³/mol. The molecule has 108 valence electrons. The smallest absolute Gasteiger partial charge is 0.231 e. The summed E-state index contributed by atoms with van der Waals surface area (Å²) in [5.74, 6) is -4.01. The van der Waals surface area contributed by atoms with Gasteiger partial charge in [0, 0.05) is 0 Å². The van der Waals surface area contributed by atoms with Gasteiger partial charge >= 0.3 is 0 Å². The number of hydrogen-bond donors (Lipinski definition) is 2. The minimum atomic E-state index is -0.894. The number of amides is 2. The van der Waals surface area contributed by atoms with Gasteiger partial charge in [0.1, 0.15) is 11.6 Å². The van der Waals surface area contributed by atoms with Gasteiger partial charge in [-0.3, -0.25) is 19.3 Å². The Balaban J connectivity index is 2.86. The molecule has 20 heavy (non-hydrogen) atoms. The second kappa shape index (κ2) is 6.71. The maximum atomic E-state index is 13.4. The molecule has 0 bridgehead atoms. The molecule has 0 aliphatic carbocycles. The first-order valence-corrected chi connectivity index (χ1v) is 5.57. The molecule has 0 atom stereocenters. The number of rotatable bonds is 7. The highest BCUT2D eigenvalue weighted by atomic mass is 19.1. The molecule has 0 unspecified atom stereocenters. The lowest BCUT2D eigenvalue weighted by molar-refractivity contribution is -0.121. The van der Waals surface area contributed by atoms with E-state index in [0.717, 1.165) is 23.1 Å². The fourth-order valence-corrected chi connectivity index (χ4v) is 1.61. The molecule has 1 aromatic rings. The number of Topliss-reactive ketones (excluding diaryl/α,β-unsaturated/α-hetero) is 1. The molecule has 0 saturated heterocycles. The standard InChI is InChI=1S/C12H13F2N3O3/c13-7-1-2-9(14)8(3-7)10(18)4-17(5-11(15)19)6-12(16)20/h1-3H,4-6H2,(H2,15,19)(H2,16,20). The van der Waals surface area contributed by atoms with Crippen molar-refractivity contribution in [2.45, 2.75) is 0 Å². The van der Waals surface area contributed by atoms with Gasteiger partial charge in [0.25, 0.3) is 0 Å². The van der Waals surface area contributed by atoms with E-state index in [-0.39, 0.29) is 0 Å². The number of carbonyl (C=O) groups is 3. The van der Waals surface area contributed by atoms with Gasteiger partial charge in [0.05, 0.1) is 25.2 Å².